The van der Waals surface area contributed by atoms with Gasteiger partial charge in [0.15, 0.2) is 0 Å². The van der Waals surface area contributed by atoms with Gasteiger partial charge in [0.05, 0.1) is 6.20 Å². The predicted octanol–water partition coefficient (Wildman–Crippen LogP) is 1.37. The minimum atomic E-state index is -0.409. The van der Waals surface area contributed by atoms with Crippen LogP contribution in [0.15, 0.2) is 6.20 Å². The molecule has 0 fully saturated rings. The Morgan fingerprint density at radius 2 is 2.40 bits per heavy atom. The van der Waals surface area contributed by atoms with Crippen molar-refractivity contribution >= 4 is 5.69 Å². The zero-order chi connectivity index (χ0) is 7.56. The molecule has 0 saturated heterocycles. The Balaban J connectivity index is 2.65. The van der Waals surface area contributed by atoms with Crippen molar-refractivity contribution in [2.24, 2.45) is 0 Å². The van der Waals surface area contributed by atoms with Crippen LogP contribution < -0.4 is 5.32 Å². The SMILES string of the molecule is CC(C)Nc1cn[nH]c1F. The summed E-state index contributed by atoms with van der Waals surface area (Å²) in [5.74, 6) is -0.409. The lowest BCUT2D eigenvalue weighted by Crippen LogP contribution is -2.09. The molecule has 0 unspecified atom stereocenters. The van der Waals surface area contributed by atoms with Crippen LogP contribution in [-0.2, 0) is 0 Å². The molecule has 0 amide bonds. The van der Waals surface area contributed by atoms with Gasteiger partial charge in [0, 0.05) is 6.04 Å². The van der Waals surface area contributed by atoms with E-state index in [9.17, 15) is 4.39 Å². The van der Waals surface area contributed by atoms with Gasteiger partial charge >= 0.3 is 0 Å². The fourth-order valence-electron chi connectivity index (χ4n) is 0.682. The van der Waals surface area contributed by atoms with Crippen LogP contribution in [0.1, 0.15) is 13.8 Å². The first-order valence-electron chi connectivity index (χ1n) is 3.15. The molecule has 10 heavy (non-hydrogen) atoms. The van der Waals surface area contributed by atoms with Crippen molar-refractivity contribution in [3.8, 4) is 0 Å². The number of H-pyrrole nitrogens is 1. The van der Waals surface area contributed by atoms with Crippen molar-refractivity contribution in [1.82, 2.24) is 10.2 Å². The average molecular weight is 143 g/mol. The number of aromatic amines is 1. The fourth-order valence-corrected chi connectivity index (χ4v) is 0.682. The van der Waals surface area contributed by atoms with E-state index in [1.807, 2.05) is 13.8 Å². The van der Waals surface area contributed by atoms with Crippen molar-refractivity contribution in [3.63, 3.8) is 0 Å². The smallest absolute Gasteiger partial charge is 0.232 e. The zero-order valence-corrected chi connectivity index (χ0v) is 5.98. The second kappa shape index (κ2) is 2.68. The highest BCUT2D eigenvalue weighted by Gasteiger charge is 2.02. The van der Waals surface area contributed by atoms with Gasteiger partial charge < -0.3 is 5.32 Å². The summed E-state index contributed by atoms with van der Waals surface area (Å²) < 4.78 is 12.5. The number of hydrogen-bond donors (Lipinski definition) is 2. The molecule has 0 saturated carbocycles. The number of aromatic nitrogens is 2. The molecule has 4 heteroatoms. The average Bonchev–Trinajstić information content (AvgIpc) is 2.15. The molecular weight excluding hydrogens is 133 g/mol. The molecule has 0 aliphatic rings. The molecular formula is C6H10FN3. The lowest BCUT2D eigenvalue weighted by Gasteiger charge is -2.05. The highest BCUT2D eigenvalue weighted by atomic mass is 19.1. The Morgan fingerprint density at radius 3 is 2.80 bits per heavy atom. The second-order valence-electron chi connectivity index (χ2n) is 2.40. The number of anilines is 1. The number of hydrogen-bond acceptors (Lipinski definition) is 2. The molecule has 1 aromatic heterocycles. The zero-order valence-electron chi connectivity index (χ0n) is 5.98. The summed E-state index contributed by atoms with van der Waals surface area (Å²) in [5, 5.41) is 8.59. The quantitative estimate of drug-likeness (QED) is 0.656. The van der Waals surface area contributed by atoms with Crippen LogP contribution in [0, 0.1) is 5.95 Å². The lowest BCUT2D eigenvalue weighted by molar-refractivity contribution is 0.580. The molecule has 0 aliphatic heterocycles. The maximum atomic E-state index is 12.5. The van der Waals surface area contributed by atoms with Crippen LogP contribution in [0.3, 0.4) is 0 Å². The third-order valence-corrected chi connectivity index (χ3v) is 1.04. The van der Waals surface area contributed by atoms with Gasteiger partial charge in [-0.25, -0.2) is 0 Å². The summed E-state index contributed by atoms with van der Waals surface area (Å²) >= 11 is 0. The van der Waals surface area contributed by atoms with Crippen LogP contribution in [0.5, 0.6) is 0 Å². The van der Waals surface area contributed by atoms with Crippen LogP contribution in [0.2, 0.25) is 0 Å². The molecule has 1 aromatic rings. The molecule has 0 spiro atoms. The van der Waals surface area contributed by atoms with Gasteiger partial charge in [-0.05, 0) is 13.8 Å². The van der Waals surface area contributed by atoms with Crippen LogP contribution >= 0.6 is 0 Å². The van der Waals surface area contributed by atoms with E-state index in [0.29, 0.717) is 5.69 Å². The number of nitrogens with zero attached hydrogens (tertiary/aromatic N) is 1. The van der Waals surface area contributed by atoms with E-state index in [0.717, 1.165) is 0 Å². The van der Waals surface area contributed by atoms with Gasteiger partial charge in [0.25, 0.3) is 0 Å². The molecule has 3 nitrogen and oxygen atoms in total. The van der Waals surface area contributed by atoms with E-state index in [1.165, 1.54) is 6.20 Å². The molecule has 0 aliphatic carbocycles. The van der Waals surface area contributed by atoms with Crippen molar-refractivity contribution in [3.05, 3.63) is 12.1 Å². The van der Waals surface area contributed by atoms with Gasteiger partial charge in [0.2, 0.25) is 5.95 Å². The standard InChI is InChI=1S/C6H10FN3/c1-4(2)9-5-3-8-10-6(5)7/h3-4,9H,1-2H3,(H,8,10). The van der Waals surface area contributed by atoms with E-state index < -0.39 is 5.95 Å². The minimum absolute atomic E-state index is 0.229. The first-order valence-corrected chi connectivity index (χ1v) is 3.15. The van der Waals surface area contributed by atoms with Crippen molar-refractivity contribution < 1.29 is 4.39 Å². The fraction of sp³-hybridized carbons (Fsp3) is 0.500. The lowest BCUT2D eigenvalue weighted by atomic mass is 10.4. The molecule has 0 aromatic carbocycles. The summed E-state index contributed by atoms with van der Waals surface area (Å²) in [4.78, 5) is 0. The van der Waals surface area contributed by atoms with Gasteiger partial charge in [-0.1, -0.05) is 0 Å². The van der Waals surface area contributed by atoms with E-state index in [1.54, 1.807) is 0 Å². The largest absolute Gasteiger partial charge is 0.378 e. The Hall–Kier alpha value is -1.06. The summed E-state index contributed by atoms with van der Waals surface area (Å²) in [6.45, 7) is 3.87. The Labute approximate surface area is 58.6 Å². The third kappa shape index (κ3) is 1.46. The van der Waals surface area contributed by atoms with Crippen LogP contribution in [-0.4, -0.2) is 16.2 Å². The summed E-state index contributed by atoms with van der Waals surface area (Å²) in [6, 6.07) is 0.229. The van der Waals surface area contributed by atoms with E-state index in [4.69, 9.17) is 0 Å². The molecule has 1 rings (SSSR count). The monoisotopic (exact) mass is 143 g/mol. The molecule has 0 atom stereocenters. The Morgan fingerprint density at radius 1 is 1.70 bits per heavy atom. The van der Waals surface area contributed by atoms with E-state index in [-0.39, 0.29) is 6.04 Å². The highest BCUT2D eigenvalue weighted by molar-refractivity contribution is 5.39. The number of nitrogens with one attached hydrogen (secondary N) is 2. The van der Waals surface area contributed by atoms with Crippen molar-refractivity contribution in [1.29, 1.82) is 0 Å². The first-order chi connectivity index (χ1) is 4.70. The Kier molecular flexibility index (Phi) is 1.89. The molecule has 1 heterocycles. The summed E-state index contributed by atoms with van der Waals surface area (Å²) in [6.07, 6.45) is 1.43. The normalized spacial score (nSPS) is 10.4. The predicted molar refractivity (Wildman–Crippen MR) is 37.3 cm³/mol. The van der Waals surface area contributed by atoms with Crippen molar-refractivity contribution in [2.75, 3.05) is 5.32 Å². The Bertz CT molecular complexity index is 207. The number of halogens is 1. The van der Waals surface area contributed by atoms with Crippen LogP contribution in [0.25, 0.3) is 0 Å². The summed E-state index contributed by atoms with van der Waals surface area (Å²) in [7, 11) is 0. The highest BCUT2D eigenvalue weighted by Crippen LogP contribution is 2.09. The number of rotatable bonds is 2. The van der Waals surface area contributed by atoms with Crippen molar-refractivity contribution in [2.45, 2.75) is 19.9 Å². The van der Waals surface area contributed by atoms with E-state index in [2.05, 4.69) is 15.5 Å². The second-order valence-corrected chi connectivity index (χ2v) is 2.40. The maximum absolute atomic E-state index is 12.5. The van der Waals surface area contributed by atoms with Gasteiger partial charge in [-0.3, -0.25) is 5.10 Å². The van der Waals surface area contributed by atoms with Crippen LogP contribution in [0.4, 0.5) is 10.1 Å². The summed E-state index contributed by atoms with van der Waals surface area (Å²) in [5.41, 5.74) is 0.426. The van der Waals surface area contributed by atoms with Gasteiger partial charge in [-0.15, -0.1) is 0 Å². The minimum Gasteiger partial charge on any atom is -0.378 e. The third-order valence-electron chi connectivity index (χ3n) is 1.04. The first kappa shape index (κ1) is 7.05. The molecule has 0 bridgehead atoms. The van der Waals surface area contributed by atoms with Gasteiger partial charge in [0.1, 0.15) is 5.69 Å². The van der Waals surface area contributed by atoms with E-state index >= 15 is 0 Å². The topological polar surface area (TPSA) is 40.7 Å². The molecule has 2 N–H and O–H groups in total. The molecule has 0 radical (unpaired) electrons. The maximum Gasteiger partial charge on any atom is 0.232 e. The molecule has 56 valence electrons. The van der Waals surface area contributed by atoms with Gasteiger partial charge in [-0.2, -0.15) is 9.49 Å².